The molecule has 0 spiro atoms. The third-order valence-corrected chi connectivity index (χ3v) is 8.96. The third kappa shape index (κ3) is 3.63. The Labute approximate surface area is 171 Å². The van der Waals surface area contributed by atoms with Crippen molar-refractivity contribution in [2.75, 3.05) is 26.2 Å². The van der Waals surface area contributed by atoms with Crippen LogP contribution in [0.2, 0.25) is 0 Å². The monoisotopic (exact) mass is 418 g/mol. The van der Waals surface area contributed by atoms with Crippen molar-refractivity contribution in [2.24, 2.45) is 0 Å². The molecular weight excluding hydrogens is 392 g/mol. The Morgan fingerprint density at radius 2 is 1.71 bits per heavy atom. The van der Waals surface area contributed by atoms with Crippen molar-refractivity contribution < 1.29 is 13.2 Å². The van der Waals surface area contributed by atoms with E-state index >= 15 is 0 Å². The molecule has 1 aromatic heterocycles. The lowest BCUT2D eigenvalue weighted by molar-refractivity contribution is 0.0702. The molecule has 1 aromatic carbocycles. The van der Waals surface area contributed by atoms with Crippen LogP contribution in [-0.2, 0) is 22.9 Å². The number of amides is 1. The highest BCUT2D eigenvalue weighted by molar-refractivity contribution is 7.89. The SMILES string of the molecule is Cc1ccc(C)c(S(=O)(=O)N2CCN(C(=O)c3cc4c(s3)CCCC4)CC2)c1. The summed E-state index contributed by atoms with van der Waals surface area (Å²) in [5.41, 5.74) is 3.02. The first kappa shape index (κ1) is 19.6. The lowest BCUT2D eigenvalue weighted by Gasteiger charge is -2.34. The maximum Gasteiger partial charge on any atom is 0.264 e. The molecule has 2 aromatic rings. The van der Waals surface area contributed by atoms with E-state index in [9.17, 15) is 13.2 Å². The molecular formula is C21H26N2O3S2. The van der Waals surface area contributed by atoms with E-state index in [1.54, 1.807) is 22.3 Å². The summed E-state index contributed by atoms with van der Waals surface area (Å²) in [6.45, 7) is 5.27. The number of carbonyl (C=O) groups is 1. The Hall–Kier alpha value is -1.70. The molecule has 0 bridgehead atoms. The fourth-order valence-electron chi connectivity index (χ4n) is 4.01. The highest BCUT2D eigenvalue weighted by Crippen LogP contribution is 2.31. The Bertz CT molecular complexity index is 979. The Balaban J connectivity index is 1.46. The van der Waals surface area contributed by atoms with Crippen molar-refractivity contribution in [1.29, 1.82) is 0 Å². The van der Waals surface area contributed by atoms with Crippen LogP contribution in [0.15, 0.2) is 29.2 Å². The van der Waals surface area contributed by atoms with E-state index in [2.05, 4.69) is 6.07 Å². The molecule has 2 heterocycles. The van der Waals surface area contributed by atoms with Crippen molar-refractivity contribution in [3.8, 4) is 0 Å². The molecule has 1 fully saturated rings. The smallest absolute Gasteiger partial charge is 0.264 e. The van der Waals surface area contributed by atoms with Gasteiger partial charge >= 0.3 is 0 Å². The largest absolute Gasteiger partial charge is 0.335 e. The van der Waals surface area contributed by atoms with E-state index in [4.69, 9.17) is 0 Å². The number of benzene rings is 1. The van der Waals surface area contributed by atoms with Gasteiger partial charge in [0.25, 0.3) is 5.91 Å². The van der Waals surface area contributed by atoms with E-state index < -0.39 is 10.0 Å². The van der Waals surface area contributed by atoms with Gasteiger partial charge in [-0.05, 0) is 68.4 Å². The van der Waals surface area contributed by atoms with E-state index in [0.29, 0.717) is 31.1 Å². The summed E-state index contributed by atoms with van der Waals surface area (Å²) in [4.78, 5) is 17.2. The maximum absolute atomic E-state index is 13.1. The minimum Gasteiger partial charge on any atom is -0.335 e. The van der Waals surface area contributed by atoms with Gasteiger partial charge in [-0.3, -0.25) is 4.79 Å². The first-order valence-electron chi connectivity index (χ1n) is 9.84. The molecule has 2 aliphatic rings. The van der Waals surface area contributed by atoms with Gasteiger partial charge in [-0.25, -0.2) is 8.42 Å². The number of hydrogen-bond donors (Lipinski definition) is 0. The second-order valence-corrected chi connectivity index (χ2v) is 10.8. The Kier molecular flexibility index (Phi) is 5.33. The zero-order chi connectivity index (χ0) is 19.9. The molecule has 0 atom stereocenters. The fraction of sp³-hybridized carbons (Fsp3) is 0.476. The molecule has 0 unspecified atom stereocenters. The van der Waals surface area contributed by atoms with Crippen molar-refractivity contribution >= 4 is 27.3 Å². The summed E-state index contributed by atoms with van der Waals surface area (Å²) in [7, 11) is -3.53. The number of thiophene rings is 1. The van der Waals surface area contributed by atoms with Crippen LogP contribution < -0.4 is 0 Å². The van der Waals surface area contributed by atoms with Gasteiger partial charge in [0.2, 0.25) is 10.0 Å². The predicted molar refractivity (Wildman–Crippen MR) is 112 cm³/mol. The average Bonchev–Trinajstić information content (AvgIpc) is 3.13. The molecule has 1 aliphatic heterocycles. The van der Waals surface area contributed by atoms with Gasteiger partial charge in [0.1, 0.15) is 0 Å². The second kappa shape index (κ2) is 7.61. The Morgan fingerprint density at radius 3 is 2.43 bits per heavy atom. The summed E-state index contributed by atoms with van der Waals surface area (Å²) in [6.07, 6.45) is 4.55. The maximum atomic E-state index is 13.1. The molecule has 0 saturated carbocycles. The van der Waals surface area contributed by atoms with E-state index in [1.807, 2.05) is 26.0 Å². The molecule has 0 N–H and O–H groups in total. The number of piperazine rings is 1. The average molecular weight is 419 g/mol. The van der Waals surface area contributed by atoms with Crippen LogP contribution >= 0.6 is 11.3 Å². The van der Waals surface area contributed by atoms with Crippen LogP contribution in [-0.4, -0.2) is 49.7 Å². The van der Waals surface area contributed by atoms with Crippen molar-refractivity contribution in [2.45, 2.75) is 44.4 Å². The van der Waals surface area contributed by atoms with Crippen molar-refractivity contribution in [3.05, 3.63) is 50.7 Å². The molecule has 4 rings (SSSR count). The van der Waals surface area contributed by atoms with E-state index in [0.717, 1.165) is 28.8 Å². The van der Waals surface area contributed by atoms with Crippen LogP contribution in [0.5, 0.6) is 0 Å². The van der Waals surface area contributed by atoms with E-state index in [-0.39, 0.29) is 5.91 Å². The lowest BCUT2D eigenvalue weighted by Crippen LogP contribution is -2.50. The summed E-state index contributed by atoms with van der Waals surface area (Å²) in [5, 5.41) is 0. The number of hydrogen-bond acceptors (Lipinski definition) is 4. The number of nitrogens with zero attached hydrogens (tertiary/aromatic N) is 2. The number of rotatable bonds is 3. The minimum absolute atomic E-state index is 0.0446. The van der Waals surface area contributed by atoms with Crippen molar-refractivity contribution in [1.82, 2.24) is 9.21 Å². The number of aryl methyl sites for hydroxylation is 4. The summed E-state index contributed by atoms with van der Waals surface area (Å²) >= 11 is 1.62. The molecule has 7 heteroatoms. The standard InChI is InChI=1S/C21H26N2O3S2/c1-15-7-8-16(2)20(13-15)28(25,26)23-11-9-22(10-12-23)21(24)19-14-17-5-3-4-6-18(17)27-19/h7-8,13-14H,3-6,9-12H2,1-2H3. The van der Waals surface area contributed by atoms with Gasteiger partial charge in [-0.1, -0.05) is 12.1 Å². The highest BCUT2D eigenvalue weighted by Gasteiger charge is 2.32. The number of sulfonamides is 1. The van der Waals surface area contributed by atoms with Crippen LogP contribution in [0.4, 0.5) is 0 Å². The van der Waals surface area contributed by atoms with Gasteiger partial charge in [0.05, 0.1) is 9.77 Å². The molecule has 28 heavy (non-hydrogen) atoms. The number of carbonyl (C=O) groups excluding carboxylic acids is 1. The van der Waals surface area contributed by atoms with E-state index in [1.165, 1.54) is 27.6 Å². The molecule has 0 radical (unpaired) electrons. The van der Waals surface area contributed by atoms with Gasteiger partial charge < -0.3 is 4.90 Å². The first-order valence-corrected chi connectivity index (χ1v) is 12.1. The van der Waals surface area contributed by atoms with Crippen molar-refractivity contribution in [3.63, 3.8) is 0 Å². The van der Waals surface area contributed by atoms with Gasteiger partial charge in [0.15, 0.2) is 0 Å². The molecule has 5 nitrogen and oxygen atoms in total. The minimum atomic E-state index is -3.53. The molecule has 1 amide bonds. The summed E-state index contributed by atoms with van der Waals surface area (Å²) in [6, 6.07) is 7.56. The summed E-state index contributed by atoms with van der Waals surface area (Å²) in [5.74, 6) is 0.0446. The zero-order valence-electron chi connectivity index (χ0n) is 16.4. The normalized spacial score (nSPS) is 18.1. The number of fused-ring (bicyclic) bond motifs is 1. The first-order chi connectivity index (χ1) is 13.4. The zero-order valence-corrected chi connectivity index (χ0v) is 18.0. The Morgan fingerprint density at radius 1 is 1.00 bits per heavy atom. The fourth-order valence-corrected chi connectivity index (χ4v) is 6.96. The van der Waals surface area contributed by atoms with Gasteiger partial charge in [-0.2, -0.15) is 4.31 Å². The van der Waals surface area contributed by atoms with Gasteiger partial charge in [0, 0.05) is 31.1 Å². The highest BCUT2D eigenvalue weighted by atomic mass is 32.2. The van der Waals surface area contributed by atoms with Crippen LogP contribution in [0, 0.1) is 13.8 Å². The topological polar surface area (TPSA) is 57.7 Å². The molecule has 1 saturated heterocycles. The second-order valence-electron chi connectivity index (χ2n) is 7.73. The quantitative estimate of drug-likeness (QED) is 0.768. The van der Waals surface area contributed by atoms with Crippen LogP contribution in [0.25, 0.3) is 0 Å². The predicted octanol–water partition coefficient (Wildman–Crippen LogP) is 3.39. The molecule has 1 aliphatic carbocycles. The van der Waals surface area contributed by atoms with Crippen LogP contribution in [0.3, 0.4) is 0 Å². The third-order valence-electron chi connectivity index (χ3n) is 5.69. The lowest BCUT2D eigenvalue weighted by atomic mass is 9.99. The summed E-state index contributed by atoms with van der Waals surface area (Å²) < 4.78 is 27.6. The van der Waals surface area contributed by atoms with Crippen LogP contribution in [0.1, 0.15) is 44.1 Å². The van der Waals surface area contributed by atoms with Gasteiger partial charge in [-0.15, -0.1) is 11.3 Å². The molecule has 150 valence electrons.